The van der Waals surface area contributed by atoms with Gasteiger partial charge in [0.25, 0.3) is 15.6 Å². The molecule has 0 unspecified atom stereocenters. The van der Waals surface area contributed by atoms with E-state index in [0.29, 0.717) is 11.3 Å². The molecular formula is C16H12BrN3O3S. The van der Waals surface area contributed by atoms with Crippen molar-refractivity contribution in [3.05, 3.63) is 75.5 Å². The molecule has 0 aliphatic rings. The Morgan fingerprint density at radius 1 is 1.00 bits per heavy atom. The molecule has 6 nitrogen and oxygen atoms in total. The lowest BCUT2D eigenvalue weighted by molar-refractivity contribution is 0.601. The summed E-state index contributed by atoms with van der Waals surface area (Å²) in [5.74, 6) is -0.135. The molecule has 0 aliphatic heterocycles. The van der Waals surface area contributed by atoms with E-state index in [1.54, 1.807) is 24.3 Å². The highest BCUT2D eigenvalue weighted by Gasteiger charge is 2.16. The molecule has 24 heavy (non-hydrogen) atoms. The zero-order valence-corrected chi connectivity index (χ0v) is 14.6. The molecule has 0 aliphatic carbocycles. The molecule has 0 bridgehead atoms. The number of nitrogens with zero attached hydrogens (tertiary/aromatic N) is 1. The first-order chi connectivity index (χ1) is 11.4. The van der Waals surface area contributed by atoms with E-state index in [2.05, 4.69) is 30.6 Å². The van der Waals surface area contributed by atoms with Gasteiger partial charge in [-0.25, -0.2) is 18.1 Å². The monoisotopic (exact) mass is 405 g/mol. The standard InChI is InChI=1S/C16H12BrN3O3S/c17-12-6-8-13(9-7-12)24(22,23)20-16-18-14(10-15(21)19-16)11-4-2-1-3-5-11/h1-10H,(H2,18,19,20,21). The number of H-pyrrole nitrogens is 1. The van der Waals surface area contributed by atoms with Gasteiger partial charge in [-0.15, -0.1) is 0 Å². The molecule has 0 spiro atoms. The van der Waals surface area contributed by atoms with Gasteiger partial charge in [-0.1, -0.05) is 46.3 Å². The van der Waals surface area contributed by atoms with Crippen molar-refractivity contribution in [1.29, 1.82) is 0 Å². The van der Waals surface area contributed by atoms with E-state index in [9.17, 15) is 13.2 Å². The number of aromatic nitrogens is 2. The molecule has 3 rings (SSSR count). The van der Waals surface area contributed by atoms with Crippen molar-refractivity contribution < 1.29 is 8.42 Å². The Bertz CT molecular complexity index is 1020. The van der Waals surface area contributed by atoms with Crippen molar-refractivity contribution in [3.63, 3.8) is 0 Å². The third-order valence-electron chi connectivity index (χ3n) is 3.17. The topological polar surface area (TPSA) is 91.9 Å². The number of aromatic amines is 1. The summed E-state index contributed by atoms with van der Waals surface area (Å²) >= 11 is 3.25. The van der Waals surface area contributed by atoms with Crippen LogP contribution in [0, 0.1) is 0 Å². The molecule has 2 aromatic carbocycles. The number of benzene rings is 2. The van der Waals surface area contributed by atoms with E-state index in [1.165, 1.54) is 18.2 Å². The van der Waals surface area contributed by atoms with E-state index < -0.39 is 15.6 Å². The van der Waals surface area contributed by atoms with Crippen LogP contribution < -0.4 is 10.3 Å². The van der Waals surface area contributed by atoms with Gasteiger partial charge in [0, 0.05) is 16.1 Å². The third-order valence-corrected chi connectivity index (χ3v) is 5.05. The van der Waals surface area contributed by atoms with E-state index in [1.807, 2.05) is 18.2 Å². The quantitative estimate of drug-likeness (QED) is 0.697. The predicted octanol–water partition coefficient (Wildman–Crippen LogP) is 3.00. The Kier molecular flexibility index (Phi) is 4.50. The summed E-state index contributed by atoms with van der Waals surface area (Å²) in [7, 11) is -3.85. The molecule has 0 saturated heterocycles. The molecule has 8 heteroatoms. The summed E-state index contributed by atoms with van der Waals surface area (Å²) in [5.41, 5.74) is 0.651. The van der Waals surface area contributed by atoms with Gasteiger partial charge in [0.1, 0.15) is 0 Å². The number of rotatable bonds is 4. The fraction of sp³-hybridized carbons (Fsp3) is 0. The molecule has 122 valence electrons. The van der Waals surface area contributed by atoms with Gasteiger partial charge in [-0.3, -0.25) is 9.78 Å². The number of halogens is 1. The van der Waals surface area contributed by atoms with Crippen molar-refractivity contribution in [1.82, 2.24) is 9.97 Å². The second-order valence-electron chi connectivity index (χ2n) is 4.90. The molecule has 0 fully saturated rings. The predicted molar refractivity (Wildman–Crippen MR) is 95.2 cm³/mol. The SMILES string of the molecule is O=c1cc(-c2ccccc2)nc(NS(=O)(=O)c2ccc(Br)cc2)[nH]1. The molecule has 0 saturated carbocycles. The molecule has 1 heterocycles. The van der Waals surface area contributed by atoms with Crippen LogP contribution in [0.1, 0.15) is 0 Å². The highest BCUT2D eigenvalue weighted by molar-refractivity contribution is 9.10. The third kappa shape index (κ3) is 3.72. The molecule has 1 aromatic heterocycles. The average Bonchev–Trinajstić information content (AvgIpc) is 2.55. The van der Waals surface area contributed by atoms with Crippen LogP contribution in [0.5, 0.6) is 0 Å². The van der Waals surface area contributed by atoms with E-state index in [0.717, 1.165) is 4.47 Å². The first kappa shape index (κ1) is 16.4. The lowest BCUT2D eigenvalue weighted by Crippen LogP contribution is -2.18. The summed E-state index contributed by atoms with van der Waals surface area (Å²) in [6.07, 6.45) is 0. The van der Waals surface area contributed by atoms with Crippen LogP contribution in [-0.4, -0.2) is 18.4 Å². The zero-order chi connectivity index (χ0) is 17.2. The van der Waals surface area contributed by atoms with Crippen LogP contribution in [0.25, 0.3) is 11.3 Å². The second-order valence-corrected chi connectivity index (χ2v) is 7.50. The van der Waals surface area contributed by atoms with E-state index >= 15 is 0 Å². The van der Waals surface area contributed by atoms with Gasteiger partial charge < -0.3 is 0 Å². The largest absolute Gasteiger partial charge is 0.292 e. The van der Waals surface area contributed by atoms with Crippen molar-refractivity contribution in [2.45, 2.75) is 4.90 Å². The Balaban J connectivity index is 1.97. The molecule has 0 atom stereocenters. The first-order valence-electron chi connectivity index (χ1n) is 6.89. The van der Waals surface area contributed by atoms with E-state index in [4.69, 9.17) is 0 Å². The zero-order valence-electron chi connectivity index (χ0n) is 12.2. The van der Waals surface area contributed by atoms with Gasteiger partial charge in [-0.05, 0) is 24.3 Å². The van der Waals surface area contributed by atoms with Crippen LogP contribution in [0.2, 0.25) is 0 Å². The minimum atomic E-state index is -3.85. The first-order valence-corrected chi connectivity index (χ1v) is 9.17. The van der Waals surface area contributed by atoms with Crippen LogP contribution in [0.4, 0.5) is 5.95 Å². The summed E-state index contributed by atoms with van der Waals surface area (Å²) in [4.78, 5) is 18.4. The number of anilines is 1. The molecule has 0 radical (unpaired) electrons. The minimum absolute atomic E-state index is 0.0680. The fourth-order valence-electron chi connectivity index (χ4n) is 2.06. The summed E-state index contributed by atoms with van der Waals surface area (Å²) in [6.45, 7) is 0. The van der Waals surface area contributed by atoms with Gasteiger partial charge in [0.2, 0.25) is 5.95 Å². The Labute approximate surface area is 146 Å². The van der Waals surface area contributed by atoms with E-state index in [-0.39, 0.29) is 10.8 Å². The van der Waals surface area contributed by atoms with Crippen molar-refractivity contribution in [3.8, 4) is 11.3 Å². The van der Waals surface area contributed by atoms with Gasteiger partial charge in [-0.2, -0.15) is 0 Å². The molecular weight excluding hydrogens is 394 g/mol. The maximum Gasteiger partial charge on any atom is 0.264 e. The Hall–Kier alpha value is -2.45. The lowest BCUT2D eigenvalue weighted by Gasteiger charge is -2.08. The molecule has 2 N–H and O–H groups in total. The maximum absolute atomic E-state index is 12.4. The van der Waals surface area contributed by atoms with Crippen LogP contribution >= 0.6 is 15.9 Å². The minimum Gasteiger partial charge on any atom is -0.292 e. The van der Waals surface area contributed by atoms with Gasteiger partial charge in [0.05, 0.1) is 10.6 Å². The lowest BCUT2D eigenvalue weighted by atomic mass is 10.1. The second kappa shape index (κ2) is 6.58. The summed E-state index contributed by atoms with van der Waals surface area (Å²) in [5, 5.41) is 0. The van der Waals surface area contributed by atoms with Crippen molar-refractivity contribution >= 4 is 31.9 Å². The number of sulfonamides is 1. The summed E-state index contributed by atoms with van der Waals surface area (Å²) < 4.78 is 27.8. The Morgan fingerprint density at radius 3 is 2.33 bits per heavy atom. The number of hydrogen-bond donors (Lipinski definition) is 2. The van der Waals surface area contributed by atoms with Crippen molar-refractivity contribution in [2.24, 2.45) is 0 Å². The highest BCUT2D eigenvalue weighted by atomic mass is 79.9. The van der Waals surface area contributed by atoms with Crippen LogP contribution in [0.3, 0.4) is 0 Å². The molecule has 3 aromatic rings. The summed E-state index contributed by atoms with van der Waals surface area (Å²) in [6, 6.07) is 16.5. The van der Waals surface area contributed by atoms with Gasteiger partial charge >= 0.3 is 0 Å². The maximum atomic E-state index is 12.4. The van der Waals surface area contributed by atoms with Crippen molar-refractivity contribution in [2.75, 3.05) is 4.72 Å². The number of nitrogens with one attached hydrogen (secondary N) is 2. The fourth-order valence-corrected chi connectivity index (χ4v) is 3.29. The smallest absolute Gasteiger partial charge is 0.264 e. The van der Waals surface area contributed by atoms with Crippen LogP contribution in [-0.2, 0) is 10.0 Å². The Morgan fingerprint density at radius 2 is 1.67 bits per heavy atom. The van der Waals surface area contributed by atoms with Gasteiger partial charge in [0.15, 0.2) is 0 Å². The number of hydrogen-bond acceptors (Lipinski definition) is 4. The normalized spacial score (nSPS) is 11.2. The average molecular weight is 406 g/mol. The van der Waals surface area contributed by atoms with Crippen LogP contribution in [0.15, 0.2) is 74.8 Å². The highest BCUT2D eigenvalue weighted by Crippen LogP contribution is 2.19. The molecule has 0 amide bonds.